The molecule has 2 amide bonds. The number of anilines is 1. The second-order valence-electron chi connectivity index (χ2n) is 9.22. The zero-order chi connectivity index (χ0) is 21.8. The Bertz CT molecular complexity index is 1140. The largest absolute Gasteiger partial charge is 0.340 e. The number of likely N-dealkylation sites (tertiary alicyclic amines) is 1. The number of carbonyl (C=O) groups is 2. The molecule has 3 saturated heterocycles. The minimum Gasteiger partial charge on any atom is -0.340 e. The van der Waals surface area contributed by atoms with Gasteiger partial charge in [0, 0.05) is 43.7 Å². The van der Waals surface area contributed by atoms with Gasteiger partial charge in [0.25, 0.3) is 0 Å². The Morgan fingerprint density at radius 2 is 2.03 bits per heavy atom. The van der Waals surface area contributed by atoms with Crippen LogP contribution in [0.4, 0.5) is 5.69 Å². The molecular weight excluding hydrogens is 416 g/mol. The van der Waals surface area contributed by atoms with Crippen molar-refractivity contribution in [2.45, 2.75) is 38.3 Å². The Morgan fingerprint density at radius 1 is 1.19 bits per heavy atom. The number of fused-ring (bicyclic) bond motifs is 5. The van der Waals surface area contributed by atoms with Crippen LogP contribution in [0.3, 0.4) is 0 Å². The quantitative estimate of drug-likeness (QED) is 0.779. The predicted molar refractivity (Wildman–Crippen MR) is 118 cm³/mol. The first-order valence-electron chi connectivity index (χ1n) is 10.9. The van der Waals surface area contributed by atoms with Gasteiger partial charge in [-0.2, -0.15) is 0 Å². The van der Waals surface area contributed by atoms with E-state index in [9.17, 15) is 18.0 Å². The molecule has 1 aromatic heterocycles. The minimum atomic E-state index is -3.38. The molecule has 0 spiro atoms. The highest BCUT2D eigenvalue weighted by molar-refractivity contribution is 7.92. The van der Waals surface area contributed by atoms with Crippen molar-refractivity contribution in [1.29, 1.82) is 0 Å². The van der Waals surface area contributed by atoms with E-state index in [1.807, 2.05) is 27.8 Å². The summed E-state index contributed by atoms with van der Waals surface area (Å²) in [6.07, 6.45) is 6.72. The summed E-state index contributed by atoms with van der Waals surface area (Å²) in [5.74, 6) is 1.08. The number of amides is 2. The van der Waals surface area contributed by atoms with Gasteiger partial charge in [-0.25, -0.2) is 8.42 Å². The van der Waals surface area contributed by atoms with Crippen molar-refractivity contribution < 1.29 is 18.0 Å². The monoisotopic (exact) mass is 444 g/mol. The smallest absolute Gasteiger partial charge is 0.242 e. The van der Waals surface area contributed by atoms with E-state index < -0.39 is 10.0 Å². The van der Waals surface area contributed by atoms with Crippen LogP contribution in [0, 0.1) is 11.8 Å². The highest BCUT2D eigenvalue weighted by Crippen LogP contribution is 2.38. The molecule has 2 aromatic rings. The van der Waals surface area contributed by atoms with Gasteiger partial charge in [0.15, 0.2) is 0 Å². The first-order valence-corrected chi connectivity index (χ1v) is 12.8. The lowest BCUT2D eigenvalue weighted by Gasteiger charge is -2.52. The zero-order valence-corrected chi connectivity index (χ0v) is 18.5. The number of benzene rings is 1. The SMILES string of the molecule is CS(=O)(=O)Nc1cccc2c1ccn2CC(=O)N1C[C@H]2C[C@@H](C1)[C@@H]1CCCC(=O)N1C2. The molecule has 3 atom stereocenters. The molecule has 0 unspecified atom stereocenters. The summed E-state index contributed by atoms with van der Waals surface area (Å²) in [6.45, 7) is 2.41. The third-order valence-corrected chi connectivity index (χ3v) is 7.54. The van der Waals surface area contributed by atoms with Crippen LogP contribution in [-0.2, 0) is 26.2 Å². The molecular formula is C22H28N4O4S. The number of rotatable bonds is 4. The maximum atomic E-state index is 13.2. The summed E-state index contributed by atoms with van der Waals surface area (Å²) in [6, 6.07) is 7.53. The van der Waals surface area contributed by atoms with Crippen LogP contribution in [-0.4, -0.2) is 66.5 Å². The van der Waals surface area contributed by atoms with Gasteiger partial charge in [-0.3, -0.25) is 14.3 Å². The summed E-state index contributed by atoms with van der Waals surface area (Å²) in [4.78, 5) is 29.6. The molecule has 3 fully saturated rings. The van der Waals surface area contributed by atoms with E-state index in [1.54, 1.807) is 12.1 Å². The topological polar surface area (TPSA) is 91.7 Å². The van der Waals surface area contributed by atoms with Crippen LogP contribution in [0.1, 0.15) is 25.7 Å². The number of nitrogens with one attached hydrogen (secondary N) is 1. The zero-order valence-electron chi connectivity index (χ0n) is 17.7. The molecule has 8 nitrogen and oxygen atoms in total. The standard InChI is InChI=1S/C22H28N4O4S/c1-31(29,30)23-18-4-2-6-20-17(18)8-9-24(20)14-22(28)25-11-15-10-16(13-25)19-5-3-7-21(27)26(19)12-15/h2,4,6,8-9,15-16,19,23H,3,5,7,10-14H2,1H3/t15-,16+,19+/m1/s1. The maximum Gasteiger partial charge on any atom is 0.242 e. The van der Waals surface area contributed by atoms with E-state index in [-0.39, 0.29) is 24.4 Å². The Balaban J connectivity index is 1.33. The van der Waals surface area contributed by atoms with Crippen molar-refractivity contribution in [3.05, 3.63) is 30.5 Å². The molecule has 1 N–H and O–H groups in total. The van der Waals surface area contributed by atoms with E-state index in [1.165, 1.54) is 0 Å². The fourth-order valence-electron chi connectivity index (χ4n) is 5.71. The van der Waals surface area contributed by atoms with Gasteiger partial charge in [-0.1, -0.05) is 6.07 Å². The fraction of sp³-hybridized carbons (Fsp3) is 0.545. The average molecular weight is 445 g/mol. The number of nitrogens with zero attached hydrogens (tertiary/aromatic N) is 3. The maximum absolute atomic E-state index is 13.2. The second kappa shape index (κ2) is 7.55. The summed E-state index contributed by atoms with van der Waals surface area (Å²) in [7, 11) is -3.38. The number of sulfonamides is 1. The molecule has 9 heteroatoms. The van der Waals surface area contributed by atoms with E-state index in [0.717, 1.165) is 43.0 Å². The first-order chi connectivity index (χ1) is 14.8. The molecule has 0 aliphatic carbocycles. The average Bonchev–Trinajstić information content (AvgIpc) is 3.11. The van der Waals surface area contributed by atoms with Crippen molar-refractivity contribution in [2.24, 2.45) is 11.8 Å². The van der Waals surface area contributed by atoms with Crippen molar-refractivity contribution in [3.63, 3.8) is 0 Å². The van der Waals surface area contributed by atoms with Gasteiger partial charge >= 0.3 is 0 Å². The Kier molecular flexibility index (Phi) is 4.96. The Labute approximate surface area is 182 Å². The van der Waals surface area contributed by atoms with Crippen LogP contribution >= 0.6 is 0 Å². The van der Waals surface area contributed by atoms with E-state index in [0.29, 0.717) is 37.0 Å². The number of carbonyl (C=O) groups excluding carboxylic acids is 2. The van der Waals surface area contributed by atoms with Crippen molar-refractivity contribution in [1.82, 2.24) is 14.4 Å². The molecule has 2 bridgehead atoms. The highest BCUT2D eigenvalue weighted by atomic mass is 32.2. The lowest BCUT2D eigenvalue weighted by atomic mass is 9.76. The van der Waals surface area contributed by atoms with Crippen molar-refractivity contribution in [2.75, 3.05) is 30.6 Å². The second-order valence-corrected chi connectivity index (χ2v) is 11.0. The van der Waals surface area contributed by atoms with Gasteiger partial charge in [-0.15, -0.1) is 0 Å². The third-order valence-electron chi connectivity index (χ3n) is 6.95. The van der Waals surface area contributed by atoms with Crippen molar-refractivity contribution >= 4 is 38.4 Å². The molecule has 3 aliphatic heterocycles. The molecule has 0 saturated carbocycles. The van der Waals surface area contributed by atoms with E-state index in [2.05, 4.69) is 9.62 Å². The van der Waals surface area contributed by atoms with Gasteiger partial charge in [0.2, 0.25) is 21.8 Å². The van der Waals surface area contributed by atoms with Gasteiger partial charge in [0.1, 0.15) is 6.54 Å². The van der Waals surface area contributed by atoms with Gasteiger partial charge < -0.3 is 14.4 Å². The number of hydrogen-bond acceptors (Lipinski definition) is 4. The molecule has 31 heavy (non-hydrogen) atoms. The summed E-state index contributed by atoms with van der Waals surface area (Å²) >= 11 is 0. The van der Waals surface area contributed by atoms with Crippen LogP contribution < -0.4 is 4.72 Å². The normalized spacial score (nSPS) is 26.1. The lowest BCUT2D eigenvalue weighted by molar-refractivity contribution is -0.148. The van der Waals surface area contributed by atoms with Gasteiger partial charge in [0.05, 0.1) is 17.5 Å². The first kappa shape index (κ1) is 20.4. The molecule has 5 rings (SSSR count). The number of hydrogen-bond donors (Lipinski definition) is 1. The van der Waals surface area contributed by atoms with Crippen LogP contribution in [0.15, 0.2) is 30.5 Å². The lowest BCUT2D eigenvalue weighted by Crippen LogP contribution is -2.61. The van der Waals surface area contributed by atoms with Crippen molar-refractivity contribution in [3.8, 4) is 0 Å². The van der Waals surface area contributed by atoms with E-state index >= 15 is 0 Å². The van der Waals surface area contributed by atoms with Crippen LogP contribution in [0.2, 0.25) is 0 Å². The Hall–Kier alpha value is -2.55. The highest BCUT2D eigenvalue weighted by Gasteiger charge is 2.44. The van der Waals surface area contributed by atoms with Crippen LogP contribution in [0.25, 0.3) is 10.9 Å². The number of aromatic nitrogens is 1. The third kappa shape index (κ3) is 3.91. The Morgan fingerprint density at radius 3 is 2.84 bits per heavy atom. The summed E-state index contributed by atoms with van der Waals surface area (Å²) < 4.78 is 27.7. The summed E-state index contributed by atoms with van der Waals surface area (Å²) in [5.41, 5.74) is 1.34. The fourth-order valence-corrected chi connectivity index (χ4v) is 6.29. The summed E-state index contributed by atoms with van der Waals surface area (Å²) in [5, 5.41) is 0.771. The molecule has 3 aliphatic rings. The van der Waals surface area contributed by atoms with Gasteiger partial charge in [-0.05, 0) is 49.3 Å². The van der Waals surface area contributed by atoms with E-state index in [4.69, 9.17) is 0 Å². The molecule has 0 radical (unpaired) electrons. The molecule has 4 heterocycles. The minimum absolute atomic E-state index is 0.0734. The number of piperidine rings is 3. The molecule has 166 valence electrons. The van der Waals surface area contributed by atoms with Crippen LogP contribution in [0.5, 0.6) is 0 Å². The molecule has 1 aromatic carbocycles. The predicted octanol–water partition coefficient (Wildman–Crippen LogP) is 1.87.